The molecule has 8 nitrogen and oxygen atoms in total. The van der Waals surface area contributed by atoms with Crippen molar-refractivity contribution in [2.75, 3.05) is 27.8 Å². The van der Waals surface area contributed by atoms with E-state index in [-0.39, 0.29) is 35.5 Å². The van der Waals surface area contributed by atoms with E-state index < -0.39 is 4.92 Å². The minimum atomic E-state index is -0.418. The molecule has 1 fully saturated rings. The summed E-state index contributed by atoms with van der Waals surface area (Å²) in [7, 11) is 5.32. The molecule has 34 heavy (non-hydrogen) atoms. The Morgan fingerprint density at radius 2 is 1.91 bits per heavy atom. The summed E-state index contributed by atoms with van der Waals surface area (Å²) in [4.78, 5) is 26.0. The van der Waals surface area contributed by atoms with Crippen molar-refractivity contribution in [1.82, 2.24) is 4.90 Å². The monoisotopic (exact) mass is 464 g/mol. The van der Waals surface area contributed by atoms with Crippen LogP contribution < -0.4 is 9.47 Å². The van der Waals surface area contributed by atoms with Crippen molar-refractivity contribution in [3.8, 4) is 11.5 Å². The van der Waals surface area contributed by atoms with Gasteiger partial charge >= 0.3 is 0 Å². The van der Waals surface area contributed by atoms with Gasteiger partial charge in [-0.3, -0.25) is 14.9 Å². The molecule has 1 saturated heterocycles. The molecule has 0 amide bonds. The number of methoxy groups -OCH3 is 2. The number of non-ortho nitro benzene ring substituents is 1. The Morgan fingerprint density at radius 3 is 2.59 bits per heavy atom. The minimum Gasteiger partial charge on any atom is -0.493 e. The number of nitro benzene ring substituents is 1. The summed E-state index contributed by atoms with van der Waals surface area (Å²) in [6, 6.07) is 10.6. The predicted octanol–water partition coefficient (Wildman–Crippen LogP) is 3.80. The van der Waals surface area contributed by atoms with Crippen molar-refractivity contribution < 1.29 is 23.9 Å². The quantitative estimate of drug-likeness (QED) is 0.474. The van der Waals surface area contributed by atoms with Gasteiger partial charge in [0, 0.05) is 41.5 Å². The Kier molecular flexibility index (Phi) is 5.56. The molecule has 3 atom stereocenters. The van der Waals surface area contributed by atoms with Crippen molar-refractivity contribution in [3.63, 3.8) is 0 Å². The van der Waals surface area contributed by atoms with Crippen LogP contribution in [0.4, 0.5) is 5.69 Å². The number of piperidine rings is 1. The maximum absolute atomic E-state index is 13.1. The van der Waals surface area contributed by atoms with Crippen molar-refractivity contribution in [2.24, 2.45) is 5.92 Å². The molecule has 0 spiro atoms. The molecule has 2 aromatic rings. The number of hydrogen-bond donors (Lipinski definition) is 0. The second-order valence-corrected chi connectivity index (χ2v) is 9.36. The van der Waals surface area contributed by atoms with Crippen molar-refractivity contribution >= 4 is 11.5 Å². The molecular weight excluding hydrogens is 436 g/mol. The molecule has 0 radical (unpaired) electrons. The minimum absolute atomic E-state index is 0.0130. The van der Waals surface area contributed by atoms with E-state index >= 15 is 0 Å². The number of likely N-dealkylation sites (tertiary alicyclic amines) is 1. The third-order valence-electron chi connectivity index (χ3n) is 7.72. The van der Waals surface area contributed by atoms with Gasteiger partial charge in [0.2, 0.25) is 0 Å². The standard InChI is InChI=1S/C26H28N2O6/c1-27-11-10-26-14-21(29)23(33-3)13-19(26)20(27)12-17-6-9-22(32-2)25(24(17)26)34-15-16-4-7-18(8-5-16)28(30)31/h4-9,13,19-20H,10-12,14-15H2,1-3H3/t19-,20+,26-/m1/s1. The fraction of sp³-hybridized carbons (Fsp3) is 0.423. The molecule has 1 heterocycles. The number of allylic oxidation sites excluding steroid dienone is 1. The first-order chi connectivity index (χ1) is 16.4. The van der Waals surface area contributed by atoms with Gasteiger partial charge in [0.25, 0.3) is 5.69 Å². The van der Waals surface area contributed by atoms with Crippen LogP contribution in [0.15, 0.2) is 48.2 Å². The Morgan fingerprint density at radius 1 is 1.15 bits per heavy atom. The Balaban J connectivity index is 1.59. The summed E-state index contributed by atoms with van der Waals surface area (Å²) in [6.45, 7) is 1.13. The largest absolute Gasteiger partial charge is 0.493 e. The van der Waals surface area contributed by atoms with E-state index in [9.17, 15) is 14.9 Å². The van der Waals surface area contributed by atoms with Gasteiger partial charge in [0.15, 0.2) is 23.0 Å². The highest BCUT2D eigenvalue weighted by Crippen LogP contribution is 2.58. The first kappa shape index (κ1) is 22.4. The zero-order valence-electron chi connectivity index (χ0n) is 19.6. The summed E-state index contributed by atoms with van der Waals surface area (Å²) < 4.78 is 17.5. The number of ketones is 1. The van der Waals surface area contributed by atoms with Crippen LogP contribution in [0, 0.1) is 16.0 Å². The van der Waals surface area contributed by atoms with Gasteiger partial charge in [0.05, 0.1) is 19.1 Å². The van der Waals surface area contributed by atoms with Crippen molar-refractivity contribution in [3.05, 3.63) is 75.0 Å². The molecule has 2 aromatic carbocycles. The van der Waals surface area contributed by atoms with E-state index in [4.69, 9.17) is 14.2 Å². The molecular formula is C26H28N2O6. The highest BCUT2D eigenvalue weighted by atomic mass is 16.6. The van der Waals surface area contributed by atoms with Gasteiger partial charge in [-0.15, -0.1) is 0 Å². The lowest BCUT2D eigenvalue weighted by atomic mass is 9.53. The highest BCUT2D eigenvalue weighted by Gasteiger charge is 2.56. The number of nitro groups is 1. The number of carbonyl (C=O) groups is 1. The molecule has 1 aliphatic heterocycles. The average molecular weight is 465 g/mol. The molecule has 2 aliphatic carbocycles. The highest BCUT2D eigenvalue weighted by molar-refractivity contribution is 5.96. The topological polar surface area (TPSA) is 91.1 Å². The zero-order valence-corrected chi connectivity index (χ0v) is 19.6. The molecule has 0 unspecified atom stereocenters. The van der Waals surface area contributed by atoms with Crippen LogP contribution in [0.5, 0.6) is 11.5 Å². The SMILES string of the molecule is COC1=C[C@@H]2[C@@H]3Cc4ccc(OC)c(OCc5ccc([N+](=O)[O-])cc5)c4[C@]2(CCN3C)CC1=O. The number of rotatable bonds is 6. The van der Waals surface area contributed by atoms with E-state index in [0.29, 0.717) is 23.7 Å². The van der Waals surface area contributed by atoms with E-state index in [0.717, 1.165) is 30.5 Å². The summed E-state index contributed by atoms with van der Waals surface area (Å²) in [5.41, 5.74) is 2.71. The number of likely N-dealkylation sites (N-methyl/N-ethyl adjacent to an activating group) is 1. The van der Waals surface area contributed by atoms with Gasteiger partial charge in [-0.1, -0.05) is 6.07 Å². The smallest absolute Gasteiger partial charge is 0.269 e. The van der Waals surface area contributed by atoms with Crippen LogP contribution in [0.25, 0.3) is 0 Å². The van der Waals surface area contributed by atoms with Gasteiger partial charge in [-0.2, -0.15) is 0 Å². The fourth-order valence-corrected chi connectivity index (χ4v) is 6.02. The number of hydrogen-bond acceptors (Lipinski definition) is 7. The molecule has 3 aliphatic rings. The van der Waals surface area contributed by atoms with Crippen LogP contribution in [0.2, 0.25) is 0 Å². The molecule has 0 N–H and O–H groups in total. The number of benzene rings is 2. The van der Waals surface area contributed by atoms with E-state index in [1.54, 1.807) is 26.4 Å². The maximum Gasteiger partial charge on any atom is 0.269 e. The molecule has 0 aromatic heterocycles. The third-order valence-corrected chi connectivity index (χ3v) is 7.72. The lowest BCUT2D eigenvalue weighted by Crippen LogP contribution is -2.60. The number of Topliss-reactive ketones (excluding diaryl/α,β-unsaturated/α-hetero) is 1. The van der Waals surface area contributed by atoms with E-state index in [2.05, 4.69) is 18.0 Å². The number of fused-ring (bicyclic) bond motifs is 1. The Labute approximate surface area is 198 Å². The van der Waals surface area contributed by atoms with Gasteiger partial charge in [0.1, 0.15) is 6.61 Å². The summed E-state index contributed by atoms with van der Waals surface area (Å²) in [6.07, 6.45) is 4.07. The van der Waals surface area contributed by atoms with Gasteiger partial charge in [-0.25, -0.2) is 0 Å². The van der Waals surface area contributed by atoms with Crippen LogP contribution >= 0.6 is 0 Å². The van der Waals surface area contributed by atoms with Crippen molar-refractivity contribution in [2.45, 2.75) is 37.3 Å². The first-order valence-electron chi connectivity index (χ1n) is 11.4. The van der Waals surface area contributed by atoms with Crippen molar-refractivity contribution in [1.29, 1.82) is 0 Å². The average Bonchev–Trinajstić information content (AvgIpc) is 2.84. The number of ether oxygens (including phenoxy) is 3. The van der Waals surface area contributed by atoms with Gasteiger partial charge in [-0.05, 0) is 61.8 Å². The first-order valence-corrected chi connectivity index (χ1v) is 11.4. The van der Waals surface area contributed by atoms with Crippen LogP contribution in [-0.2, 0) is 28.0 Å². The lowest BCUT2D eigenvalue weighted by Gasteiger charge is -2.56. The van der Waals surface area contributed by atoms with Crippen LogP contribution in [-0.4, -0.2) is 49.5 Å². The van der Waals surface area contributed by atoms with Crippen LogP contribution in [0.1, 0.15) is 29.5 Å². The molecule has 8 heteroatoms. The Bertz CT molecular complexity index is 1170. The summed E-state index contributed by atoms with van der Waals surface area (Å²) in [5.74, 6) is 1.87. The normalized spacial score (nSPS) is 25.6. The zero-order chi connectivity index (χ0) is 24.0. The number of carbonyl (C=O) groups excluding carboxylic acids is 1. The maximum atomic E-state index is 13.1. The van der Waals surface area contributed by atoms with Gasteiger partial charge < -0.3 is 19.1 Å². The number of nitrogens with zero attached hydrogens (tertiary/aromatic N) is 2. The van der Waals surface area contributed by atoms with E-state index in [1.807, 2.05) is 12.1 Å². The second-order valence-electron chi connectivity index (χ2n) is 9.36. The molecule has 178 valence electrons. The third kappa shape index (κ3) is 3.44. The fourth-order valence-electron chi connectivity index (χ4n) is 6.02. The second kappa shape index (κ2) is 8.43. The lowest BCUT2D eigenvalue weighted by molar-refractivity contribution is -0.384. The van der Waals surface area contributed by atoms with Crippen LogP contribution in [0.3, 0.4) is 0 Å². The molecule has 0 saturated carbocycles. The van der Waals surface area contributed by atoms with E-state index in [1.165, 1.54) is 17.7 Å². The predicted molar refractivity (Wildman–Crippen MR) is 125 cm³/mol. The Hall–Kier alpha value is -3.39. The summed E-state index contributed by atoms with van der Waals surface area (Å²) in [5, 5.41) is 11.0. The molecule has 5 rings (SSSR count). The summed E-state index contributed by atoms with van der Waals surface area (Å²) >= 11 is 0. The molecule has 2 bridgehead atoms.